The van der Waals surface area contributed by atoms with Crippen molar-refractivity contribution in [1.29, 1.82) is 0 Å². The van der Waals surface area contributed by atoms with E-state index in [2.05, 4.69) is 10.3 Å². The summed E-state index contributed by atoms with van der Waals surface area (Å²) in [4.78, 5) is 19.2. The van der Waals surface area contributed by atoms with Crippen molar-refractivity contribution >= 4 is 17.3 Å². The lowest BCUT2D eigenvalue weighted by Gasteiger charge is -2.26. The summed E-state index contributed by atoms with van der Waals surface area (Å²) >= 11 is 0. The second kappa shape index (κ2) is 6.52. The molecule has 0 bridgehead atoms. The van der Waals surface area contributed by atoms with Gasteiger partial charge in [-0.25, -0.2) is 0 Å². The maximum Gasteiger partial charge on any atom is 0.262 e. The minimum atomic E-state index is -0.366. The van der Waals surface area contributed by atoms with Gasteiger partial charge in [0, 0.05) is 17.6 Å². The summed E-state index contributed by atoms with van der Waals surface area (Å²) < 4.78 is 5.22. The van der Waals surface area contributed by atoms with Crippen molar-refractivity contribution in [2.45, 2.75) is 13.1 Å². The first kappa shape index (κ1) is 16.1. The fourth-order valence-corrected chi connectivity index (χ4v) is 3.14. The van der Waals surface area contributed by atoms with Gasteiger partial charge in [-0.2, -0.15) is 0 Å². The molecule has 0 aliphatic carbocycles. The molecule has 5 heteroatoms. The van der Waals surface area contributed by atoms with Gasteiger partial charge in [0.2, 0.25) is 0 Å². The molecule has 1 atom stereocenters. The van der Waals surface area contributed by atoms with Crippen LogP contribution in [0.15, 0.2) is 66.9 Å². The summed E-state index contributed by atoms with van der Waals surface area (Å²) in [5, 5.41) is 3.44. The fraction of sp³-hybridized carbons (Fsp3) is 0.143. The summed E-state index contributed by atoms with van der Waals surface area (Å²) in [6.45, 7) is 2.05. The number of nitrogens with zero attached hydrogens (tertiary/aromatic N) is 2. The average molecular weight is 345 g/mol. The van der Waals surface area contributed by atoms with E-state index in [-0.39, 0.29) is 12.1 Å². The first-order valence-corrected chi connectivity index (χ1v) is 8.43. The van der Waals surface area contributed by atoms with Crippen molar-refractivity contribution in [2.24, 2.45) is 0 Å². The summed E-state index contributed by atoms with van der Waals surface area (Å²) in [6.07, 6.45) is 1.35. The van der Waals surface area contributed by atoms with Gasteiger partial charge >= 0.3 is 0 Å². The summed E-state index contributed by atoms with van der Waals surface area (Å²) in [5.74, 6) is 0.682. The summed E-state index contributed by atoms with van der Waals surface area (Å²) in [6, 6.07) is 19.2. The highest BCUT2D eigenvalue weighted by molar-refractivity contribution is 6.11. The van der Waals surface area contributed by atoms with Crippen LogP contribution in [0.2, 0.25) is 0 Å². The van der Waals surface area contributed by atoms with E-state index in [1.165, 1.54) is 5.56 Å². The Balaban J connectivity index is 1.75. The van der Waals surface area contributed by atoms with E-state index >= 15 is 0 Å². The number of benzene rings is 2. The SMILES string of the molecule is COc1ccc(N2C(=O)c3cccnc3[C@@H]2Nc2ccc(C)cc2)cc1. The minimum Gasteiger partial charge on any atom is -0.497 e. The number of fused-ring (bicyclic) bond motifs is 1. The zero-order valence-electron chi connectivity index (χ0n) is 14.6. The first-order chi connectivity index (χ1) is 12.7. The van der Waals surface area contributed by atoms with Crippen LogP contribution in [-0.4, -0.2) is 18.0 Å². The van der Waals surface area contributed by atoms with E-state index in [0.717, 1.165) is 22.8 Å². The molecule has 0 saturated carbocycles. The number of amides is 1. The Kier molecular flexibility index (Phi) is 4.05. The van der Waals surface area contributed by atoms with Crippen LogP contribution in [0.1, 0.15) is 27.8 Å². The zero-order chi connectivity index (χ0) is 18.1. The number of aryl methyl sites for hydroxylation is 1. The fourth-order valence-electron chi connectivity index (χ4n) is 3.14. The minimum absolute atomic E-state index is 0.0668. The molecule has 0 fully saturated rings. The standard InChI is InChI=1S/C21H19N3O2/c1-14-5-7-15(8-6-14)23-20-19-18(4-3-13-22-19)21(25)24(20)16-9-11-17(26-2)12-10-16/h3-13,20,23H,1-2H3/t20-/m1/s1. The van der Waals surface area contributed by atoms with Gasteiger partial charge in [0.15, 0.2) is 6.17 Å². The van der Waals surface area contributed by atoms with Crippen LogP contribution in [0.4, 0.5) is 11.4 Å². The molecule has 0 spiro atoms. The summed E-state index contributed by atoms with van der Waals surface area (Å²) in [5.41, 5.74) is 4.26. The van der Waals surface area contributed by atoms with Gasteiger partial charge < -0.3 is 10.1 Å². The Morgan fingerprint density at radius 2 is 1.77 bits per heavy atom. The number of ether oxygens (including phenoxy) is 1. The second-order valence-corrected chi connectivity index (χ2v) is 6.22. The number of carbonyl (C=O) groups excluding carboxylic acids is 1. The van der Waals surface area contributed by atoms with E-state index in [1.807, 2.05) is 61.5 Å². The van der Waals surface area contributed by atoms with Gasteiger partial charge in [0.25, 0.3) is 5.91 Å². The summed E-state index contributed by atoms with van der Waals surface area (Å²) in [7, 11) is 1.62. The Labute approximate surface area is 152 Å². The molecule has 4 rings (SSSR count). The molecule has 1 aliphatic heterocycles. The van der Waals surface area contributed by atoms with Gasteiger partial charge in [-0.05, 0) is 55.5 Å². The molecular weight excluding hydrogens is 326 g/mol. The van der Waals surface area contributed by atoms with Crippen molar-refractivity contribution in [2.75, 3.05) is 17.3 Å². The number of carbonyl (C=O) groups is 1. The molecule has 0 unspecified atom stereocenters. The molecule has 2 heterocycles. The Morgan fingerprint density at radius 3 is 2.46 bits per heavy atom. The molecule has 130 valence electrons. The zero-order valence-corrected chi connectivity index (χ0v) is 14.6. The lowest BCUT2D eigenvalue weighted by Crippen LogP contribution is -2.32. The average Bonchev–Trinajstić information content (AvgIpc) is 2.96. The maximum atomic E-state index is 13.0. The first-order valence-electron chi connectivity index (χ1n) is 8.43. The molecule has 2 aromatic carbocycles. The Morgan fingerprint density at radius 1 is 1.04 bits per heavy atom. The molecule has 1 aromatic heterocycles. The normalized spacial score (nSPS) is 15.7. The third-order valence-electron chi connectivity index (χ3n) is 4.51. The van der Waals surface area contributed by atoms with Crippen molar-refractivity contribution in [1.82, 2.24) is 4.98 Å². The van der Waals surface area contributed by atoms with E-state index in [4.69, 9.17) is 4.74 Å². The topological polar surface area (TPSA) is 54.5 Å². The molecule has 3 aromatic rings. The number of hydrogen-bond donors (Lipinski definition) is 1. The van der Waals surface area contributed by atoms with Gasteiger partial charge in [-0.3, -0.25) is 14.7 Å². The lowest BCUT2D eigenvalue weighted by molar-refractivity contribution is 0.0993. The molecule has 0 saturated heterocycles. The van der Waals surface area contributed by atoms with Gasteiger partial charge in [0.1, 0.15) is 5.75 Å². The Bertz CT molecular complexity index is 936. The van der Waals surface area contributed by atoms with Crippen molar-refractivity contribution in [3.63, 3.8) is 0 Å². The number of aromatic nitrogens is 1. The van der Waals surface area contributed by atoms with Crippen molar-refractivity contribution in [3.8, 4) is 5.75 Å². The number of methoxy groups -OCH3 is 1. The third-order valence-corrected chi connectivity index (χ3v) is 4.51. The van der Waals surface area contributed by atoms with Crippen LogP contribution >= 0.6 is 0 Å². The number of rotatable bonds is 4. The van der Waals surface area contributed by atoms with Crippen LogP contribution in [0.3, 0.4) is 0 Å². The van der Waals surface area contributed by atoms with Crippen LogP contribution < -0.4 is 15.0 Å². The third kappa shape index (κ3) is 2.77. The molecule has 1 amide bonds. The predicted molar refractivity (Wildman–Crippen MR) is 102 cm³/mol. The maximum absolute atomic E-state index is 13.0. The smallest absolute Gasteiger partial charge is 0.262 e. The van der Waals surface area contributed by atoms with Crippen LogP contribution in [0.5, 0.6) is 5.75 Å². The highest BCUT2D eigenvalue weighted by Crippen LogP contribution is 2.37. The molecule has 1 aliphatic rings. The number of pyridine rings is 1. The molecule has 26 heavy (non-hydrogen) atoms. The monoisotopic (exact) mass is 345 g/mol. The van der Waals surface area contributed by atoms with E-state index < -0.39 is 0 Å². The van der Waals surface area contributed by atoms with Gasteiger partial charge in [-0.1, -0.05) is 17.7 Å². The molecule has 5 nitrogen and oxygen atoms in total. The van der Waals surface area contributed by atoms with E-state index in [0.29, 0.717) is 5.56 Å². The van der Waals surface area contributed by atoms with Crippen LogP contribution in [0.25, 0.3) is 0 Å². The van der Waals surface area contributed by atoms with Gasteiger partial charge in [0.05, 0.1) is 18.4 Å². The highest BCUT2D eigenvalue weighted by atomic mass is 16.5. The second-order valence-electron chi connectivity index (χ2n) is 6.22. The van der Waals surface area contributed by atoms with Crippen molar-refractivity contribution in [3.05, 3.63) is 83.7 Å². The van der Waals surface area contributed by atoms with Gasteiger partial charge in [-0.15, -0.1) is 0 Å². The largest absolute Gasteiger partial charge is 0.497 e. The quantitative estimate of drug-likeness (QED) is 0.771. The Hall–Kier alpha value is -3.34. The van der Waals surface area contributed by atoms with Crippen LogP contribution in [-0.2, 0) is 0 Å². The number of nitrogens with one attached hydrogen (secondary N) is 1. The number of anilines is 2. The molecular formula is C21H19N3O2. The molecule has 0 radical (unpaired) electrons. The number of hydrogen-bond acceptors (Lipinski definition) is 4. The van der Waals surface area contributed by atoms with Crippen molar-refractivity contribution < 1.29 is 9.53 Å². The highest BCUT2D eigenvalue weighted by Gasteiger charge is 2.38. The van der Waals surface area contributed by atoms with E-state index in [1.54, 1.807) is 24.3 Å². The molecule has 1 N–H and O–H groups in total. The predicted octanol–water partition coefficient (Wildman–Crippen LogP) is 4.17. The van der Waals surface area contributed by atoms with Crippen LogP contribution in [0, 0.1) is 6.92 Å². The van der Waals surface area contributed by atoms with E-state index in [9.17, 15) is 4.79 Å². The lowest BCUT2D eigenvalue weighted by atomic mass is 10.2.